The van der Waals surface area contributed by atoms with Crippen molar-refractivity contribution < 1.29 is 14.4 Å². The minimum absolute atomic E-state index is 0.134. The predicted octanol–water partition coefficient (Wildman–Crippen LogP) is 2.31. The lowest BCUT2D eigenvalue weighted by Crippen LogP contribution is -2.44. The number of urea groups is 1. The summed E-state index contributed by atoms with van der Waals surface area (Å²) in [7, 11) is 1.89. The Kier molecular flexibility index (Phi) is 4.59. The third kappa shape index (κ3) is 3.18. The maximum absolute atomic E-state index is 12.6. The molecule has 1 aromatic carbocycles. The third-order valence-electron chi connectivity index (χ3n) is 5.41. The lowest BCUT2D eigenvalue weighted by Gasteiger charge is -2.19. The van der Waals surface area contributed by atoms with Crippen LogP contribution in [0.1, 0.15) is 38.5 Å². The molecule has 1 aliphatic heterocycles. The number of amides is 4. The zero-order valence-corrected chi connectivity index (χ0v) is 16.1. The fourth-order valence-corrected chi connectivity index (χ4v) is 4.97. The zero-order valence-electron chi connectivity index (χ0n) is 15.2. The van der Waals surface area contributed by atoms with Crippen molar-refractivity contribution in [2.45, 2.75) is 44.1 Å². The van der Waals surface area contributed by atoms with Crippen LogP contribution in [0.4, 0.5) is 4.79 Å². The van der Waals surface area contributed by atoms with Gasteiger partial charge in [0.25, 0.3) is 5.91 Å². The minimum atomic E-state index is -0.684. The molecule has 4 rings (SSSR count). The number of nitrogens with one attached hydrogen (secondary N) is 1. The molecular formula is C19H22N4O3S. The van der Waals surface area contributed by atoms with Crippen LogP contribution in [0.15, 0.2) is 29.3 Å². The highest BCUT2D eigenvalue weighted by atomic mass is 32.1. The molecule has 1 saturated heterocycles. The van der Waals surface area contributed by atoms with Crippen molar-refractivity contribution in [3.8, 4) is 0 Å². The van der Waals surface area contributed by atoms with Gasteiger partial charge in [-0.15, -0.1) is 0 Å². The van der Waals surface area contributed by atoms with Gasteiger partial charge >= 0.3 is 6.03 Å². The number of hydrogen-bond acceptors (Lipinski definition) is 4. The number of para-hydroxylation sites is 1. The number of carbonyl (C=O) groups excluding carboxylic acids is 3. The molecule has 1 spiro atoms. The van der Waals surface area contributed by atoms with E-state index in [1.165, 1.54) is 16.2 Å². The number of benzene rings is 1. The number of aryl methyl sites for hydroxylation is 1. The predicted molar refractivity (Wildman–Crippen MR) is 102 cm³/mol. The largest absolute Gasteiger partial charge is 0.325 e. The summed E-state index contributed by atoms with van der Waals surface area (Å²) in [5, 5.41) is 2.86. The molecule has 0 atom stereocenters. The van der Waals surface area contributed by atoms with E-state index in [1.807, 2.05) is 35.9 Å². The lowest BCUT2D eigenvalue weighted by atomic mass is 9.98. The number of rotatable bonds is 4. The Hall–Kier alpha value is -2.48. The van der Waals surface area contributed by atoms with E-state index in [9.17, 15) is 14.4 Å². The van der Waals surface area contributed by atoms with E-state index in [1.54, 1.807) is 0 Å². The minimum Gasteiger partial charge on any atom is -0.323 e. The molecule has 1 aromatic heterocycles. The number of aromatic nitrogens is 1. The van der Waals surface area contributed by atoms with Gasteiger partial charge in [0.1, 0.15) is 5.54 Å². The van der Waals surface area contributed by atoms with Crippen molar-refractivity contribution in [3.05, 3.63) is 29.1 Å². The molecule has 1 aliphatic carbocycles. The number of fused-ring (bicyclic) bond motifs is 1. The van der Waals surface area contributed by atoms with Gasteiger partial charge in [0, 0.05) is 20.0 Å². The molecule has 8 heteroatoms. The number of thiazole rings is 1. The van der Waals surface area contributed by atoms with Crippen LogP contribution in [0.5, 0.6) is 0 Å². The first kappa shape index (κ1) is 17.9. The smallest absolute Gasteiger partial charge is 0.323 e. The first-order valence-electron chi connectivity index (χ1n) is 9.26. The number of carbonyl (C=O) groups is 3. The summed E-state index contributed by atoms with van der Waals surface area (Å²) < 4.78 is 2.98. The van der Waals surface area contributed by atoms with Crippen molar-refractivity contribution in [2.75, 3.05) is 6.54 Å². The quantitative estimate of drug-likeness (QED) is 0.819. The maximum Gasteiger partial charge on any atom is 0.325 e. The summed E-state index contributed by atoms with van der Waals surface area (Å²) in [6, 6.07) is 7.57. The Balaban J connectivity index is 1.39. The molecule has 4 amide bonds. The Morgan fingerprint density at radius 2 is 2.00 bits per heavy atom. The van der Waals surface area contributed by atoms with Gasteiger partial charge in [-0.05, 0) is 31.4 Å². The first-order valence-corrected chi connectivity index (χ1v) is 10.1. The van der Waals surface area contributed by atoms with Gasteiger partial charge in [0.2, 0.25) is 5.91 Å². The molecule has 1 saturated carbocycles. The van der Waals surface area contributed by atoms with Crippen molar-refractivity contribution in [2.24, 2.45) is 12.0 Å². The highest BCUT2D eigenvalue weighted by molar-refractivity contribution is 7.16. The van der Waals surface area contributed by atoms with Gasteiger partial charge < -0.3 is 9.88 Å². The molecule has 2 aromatic rings. The van der Waals surface area contributed by atoms with Crippen molar-refractivity contribution in [3.63, 3.8) is 0 Å². The summed E-state index contributed by atoms with van der Waals surface area (Å²) in [4.78, 5) is 43.1. The average Bonchev–Trinajstić information content (AvgIpc) is 3.30. The van der Waals surface area contributed by atoms with Crippen LogP contribution < -0.4 is 10.1 Å². The standard InChI is InChI=1S/C19H22N4O3S/c1-22-13-7-2-3-8-14(13)27-18(22)20-15(24)9-6-12-23-16(25)19(21-17(23)26)10-4-5-11-19/h2-3,7-8H,4-6,9-12H2,1H3,(H,21,26). The SMILES string of the molecule is Cn1c(=NC(=O)CCCN2C(=O)NC3(CCCC3)C2=O)sc2ccccc21. The molecule has 142 valence electrons. The second-order valence-electron chi connectivity index (χ2n) is 7.20. The Morgan fingerprint density at radius 1 is 1.26 bits per heavy atom. The van der Waals surface area contributed by atoms with E-state index in [4.69, 9.17) is 0 Å². The molecule has 2 heterocycles. The fraction of sp³-hybridized carbons (Fsp3) is 0.474. The average molecular weight is 386 g/mol. The second kappa shape index (κ2) is 6.92. The van der Waals surface area contributed by atoms with Gasteiger partial charge in [0.05, 0.1) is 10.2 Å². The van der Waals surface area contributed by atoms with E-state index in [0.29, 0.717) is 24.1 Å². The van der Waals surface area contributed by atoms with E-state index in [0.717, 1.165) is 23.1 Å². The number of imide groups is 1. The molecule has 7 nitrogen and oxygen atoms in total. The van der Waals surface area contributed by atoms with Crippen LogP contribution in [0.3, 0.4) is 0 Å². The van der Waals surface area contributed by atoms with Gasteiger partial charge in [0.15, 0.2) is 4.80 Å². The van der Waals surface area contributed by atoms with Gasteiger partial charge in [-0.3, -0.25) is 14.5 Å². The van der Waals surface area contributed by atoms with Gasteiger partial charge in [-0.1, -0.05) is 36.3 Å². The summed E-state index contributed by atoms with van der Waals surface area (Å²) in [5.41, 5.74) is 0.353. The van der Waals surface area contributed by atoms with Crippen LogP contribution in [0.2, 0.25) is 0 Å². The molecule has 27 heavy (non-hydrogen) atoms. The molecule has 0 radical (unpaired) electrons. The highest BCUT2D eigenvalue weighted by Gasteiger charge is 2.51. The van der Waals surface area contributed by atoms with Crippen LogP contribution in [-0.4, -0.2) is 39.4 Å². The summed E-state index contributed by atoms with van der Waals surface area (Å²) in [6.07, 6.45) is 3.98. The maximum atomic E-state index is 12.6. The van der Waals surface area contributed by atoms with Gasteiger partial charge in [-0.25, -0.2) is 4.79 Å². The Morgan fingerprint density at radius 3 is 2.74 bits per heavy atom. The first-order chi connectivity index (χ1) is 13.0. The summed E-state index contributed by atoms with van der Waals surface area (Å²) in [5.74, 6) is -0.370. The Labute approximate surface area is 160 Å². The molecule has 2 fully saturated rings. The monoisotopic (exact) mass is 386 g/mol. The van der Waals surface area contributed by atoms with Crippen LogP contribution in [0.25, 0.3) is 10.2 Å². The van der Waals surface area contributed by atoms with E-state index >= 15 is 0 Å². The van der Waals surface area contributed by atoms with E-state index < -0.39 is 5.54 Å². The summed E-state index contributed by atoms with van der Waals surface area (Å²) in [6.45, 7) is 0.256. The van der Waals surface area contributed by atoms with Crippen molar-refractivity contribution >= 4 is 39.4 Å². The molecular weight excluding hydrogens is 364 g/mol. The molecule has 0 bridgehead atoms. The molecule has 0 unspecified atom stereocenters. The second-order valence-corrected chi connectivity index (χ2v) is 8.21. The van der Waals surface area contributed by atoms with Crippen LogP contribution in [-0.2, 0) is 16.6 Å². The third-order valence-corrected chi connectivity index (χ3v) is 6.52. The van der Waals surface area contributed by atoms with Crippen LogP contribution >= 0.6 is 11.3 Å². The Bertz CT molecular complexity index is 984. The fourth-order valence-electron chi connectivity index (χ4n) is 3.94. The normalized spacial score (nSPS) is 19.4. The van der Waals surface area contributed by atoms with E-state index in [-0.39, 0.29) is 30.8 Å². The molecule has 1 N–H and O–H groups in total. The molecule has 2 aliphatic rings. The number of hydrogen-bond donors (Lipinski definition) is 1. The van der Waals surface area contributed by atoms with Crippen LogP contribution in [0, 0.1) is 0 Å². The lowest BCUT2D eigenvalue weighted by molar-refractivity contribution is -0.131. The van der Waals surface area contributed by atoms with Crippen molar-refractivity contribution in [1.29, 1.82) is 0 Å². The summed E-state index contributed by atoms with van der Waals surface area (Å²) >= 11 is 1.47. The van der Waals surface area contributed by atoms with E-state index in [2.05, 4.69) is 10.3 Å². The topological polar surface area (TPSA) is 83.8 Å². The zero-order chi connectivity index (χ0) is 19.0. The van der Waals surface area contributed by atoms with Gasteiger partial charge in [-0.2, -0.15) is 4.99 Å². The van der Waals surface area contributed by atoms with Crippen molar-refractivity contribution in [1.82, 2.24) is 14.8 Å². The highest BCUT2D eigenvalue weighted by Crippen LogP contribution is 2.35. The number of nitrogens with zero attached hydrogens (tertiary/aromatic N) is 3.